The van der Waals surface area contributed by atoms with Gasteiger partial charge in [-0.1, -0.05) is 24.3 Å². The Morgan fingerprint density at radius 3 is 2.36 bits per heavy atom. The standard InChI is InChI=1S/C22H23F3N4O3S/c1-15-12-16(2)29(28-15)18-9-8-17(20(13-18)22(23,24)25)14-26-21(30)10-11-27-33(31,32)19-6-4-3-5-7-19/h3-9,12-13,27H,10-11,14H2,1-2H3,(H,26,30). The van der Waals surface area contributed by atoms with Crippen LogP contribution in [0.15, 0.2) is 59.5 Å². The molecule has 0 aliphatic carbocycles. The third-order valence-corrected chi connectivity index (χ3v) is 6.30. The fourth-order valence-electron chi connectivity index (χ4n) is 3.27. The van der Waals surface area contributed by atoms with E-state index in [1.165, 1.54) is 28.9 Å². The van der Waals surface area contributed by atoms with E-state index in [0.717, 1.165) is 6.07 Å². The van der Waals surface area contributed by atoms with Gasteiger partial charge < -0.3 is 5.32 Å². The van der Waals surface area contributed by atoms with Crippen LogP contribution in [0.25, 0.3) is 5.69 Å². The Kier molecular flexibility index (Phi) is 7.23. The normalized spacial score (nSPS) is 12.0. The summed E-state index contributed by atoms with van der Waals surface area (Å²) in [6.45, 7) is 2.95. The first kappa shape index (κ1) is 24.5. The Labute approximate surface area is 189 Å². The number of hydrogen-bond acceptors (Lipinski definition) is 4. The van der Waals surface area contributed by atoms with Crippen LogP contribution in [0.3, 0.4) is 0 Å². The largest absolute Gasteiger partial charge is 0.416 e. The minimum Gasteiger partial charge on any atom is -0.352 e. The lowest BCUT2D eigenvalue weighted by Gasteiger charge is -2.16. The summed E-state index contributed by atoms with van der Waals surface area (Å²) in [4.78, 5) is 12.2. The predicted octanol–water partition coefficient (Wildman–Crippen LogP) is 3.49. The molecule has 0 radical (unpaired) electrons. The van der Waals surface area contributed by atoms with E-state index >= 15 is 0 Å². The fraction of sp³-hybridized carbons (Fsp3) is 0.273. The molecule has 0 unspecified atom stereocenters. The van der Waals surface area contributed by atoms with Crippen LogP contribution >= 0.6 is 0 Å². The highest BCUT2D eigenvalue weighted by molar-refractivity contribution is 7.89. The molecule has 0 fully saturated rings. The number of hydrogen-bond donors (Lipinski definition) is 2. The van der Waals surface area contributed by atoms with E-state index in [4.69, 9.17) is 0 Å². The highest BCUT2D eigenvalue weighted by Crippen LogP contribution is 2.33. The lowest BCUT2D eigenvalue weighted by molar-refractivity contribution is -0.138. The maximum Gasteiger partial charge on any atom is 0.416 e. The number of sulfonamides is 1. The van der Waals surface area contributed by atoms with Gasteiger partial charge in [-0.05, 0) is 49.7 Å². The van der Waals surface area contributed by atoms with Crippen LogP contribution in [0.4, 0.5) is 13.2 Å². The van der Waals surface area contributed by atoms with E-state index in [1.54, 1.807) is 38.1 Å². The van der Waals surface area contributed by atoms with Crippen LogP contribution in [-0.4, -0.2) is 30.7 Å². The van der Waals surface area contributed by atoms with Crippen molar-refractivity contribution < 1.29 is 26.4 Å². The number of rotatable bonds is 8. The van der Waals surface area contributed by atoms with Crippen molar-refractivity contribution in [1.82, 2.24) is 19.8 Å². The second kappa shape index (κ2) is 9.75. The first-order valence-electron chi connectivity index (χ1n) is 10.0. The SMILES string of the molecule is Cc1cc(C)n(-c2ccc(CNC(=O)CCNS(=O)(=O)c3ccccc3)c(C(F)(F)F)c2)n1. The van der Waals surface area contributed by atoms with E-state index in [-0.39, 0.29) is 35.7 Å². The van der Waals surface area contributed by atoms with Crippen LogP contribution in [0, 0.1) is 13.8 Å². The number of aromatic nitrogens is 2. The number of nitrogens with one attached hydrogen (secondary N) is 2. The first-order valence-corrected chi connectivity index (χ1v) is 11.5. The van der Waals surface area contributed by atoms with Gasteiger partial charge in [-0.3, -0.25) is 4.79 Å². The predicted molar refractivity (Wildman–Crippen MR) is 116 cm³/mol. The fourth-order valence-corrected chi connectivity index (χ4v) is 4.32. The van der Waals surface area contributed by atoms with E-state index in [1.807, 2.05) is 0 Å². The second-order valence-corrected chi connectivity index (χ2v) is 9.18. The summed E-state index contributed by atoms with van der Waals surface area (Å²) in [5.41, 5.74) is 0.655. The molecule has 2 N–H and O–H groups in total. The van der Waals surface area contributed by atoms with Gasteiger partial charge in [0.15, 0.2) is 0 Å². The number of benzene rings is 2. The van der Waals surface area contributed by atoms with E-state index in [9.17, 15) is 26.4 Å². The molecule has 1 amide bonds. The zero-order valence-corrected chi connectivity index (χ0v) is 18.8. The molecule has 0 aliphatic rings. The monoisotopic (exact) mass is 480 g/mol. The molecule has 2 aromatic carbocycles. The number of aryl methyl sites for hydroxylation is 2. The van der Waals surface area contributed by atoms with Gasteiger partial charge in [0, 0.05) is 25.2 Å². The quantitative estimate of drug-likeness (QED) is 0.516. The van der Waals surface area contributed by atoms with Gasteiger partial charge in [0.1, 0.15) is 0 Å². The van der Waals surface area contributed by atoms with Gasteiger partial charge in [0.2, 0.25) is 15.9 Å². The van der Waals surface area contributed by atoms with Gasteiger partial charge >= 0.3 is 6.18 Å². The summed E-state index contributed by atoms with van der Waals surface area (Å²) in [5, 5.41) is 6.62. The van der Waals surface area contributed by atoms with E-state index < -0.39 is 27.7 Å². The minimum absolute atomic E-state index is 0.0583. The number of alkyl halides is 3. The lowest BCUT2D eigenvalue weighted by Crippen LogP contribution is -2.31. The summed E-state index contributed by atoms with van der Waals surface area (Å²) in [6.07, 6.45) is -4.85. The molecule has 3 aromatic rings. The topological polar surface area (TPSA) is 93.1 Å². The summed E-state index contributed by atoms with van der Waals surface area (Å²) in [5.74, 6) is -0.582. The van der Waals surface area contributed by atoms with Crippen LogP contribution in [0.5, 0.6) is 0 Å². The summed E-state index contributed by atoms with van der Waals surface area (Å²) in [6, 6.07) is 13.2. The van der Waals surface area contributed by atoms with Gasteiger partial charge in [0.05, 0.1) is 21.8 Å². The maximum absolute atomic E-state index is 13.7. The maximum atomic E-state index is 13.7. The number of amides is 1. The van der Waals surface area contributed by atoms with Crippen molar-refractivity contribution in [3.05, 3.63) is 77.1 Å². The van der Waals surface area contributed by atoms with Crippen molar-refractivity contribution in [3.8, 4) is 5.69 Å². The Morgan fingerprint density at radius 1 is 1.06 bits per heavy atom. The van der Waals surface area contributed by atoms with Gasteiger partial charge in [-0.15, -0.1) is 0 Å². The average Bonchev–Trinajstić information content (AvgIpc) is 3.10. The van der Waals surface area contributed by atoms with Crippen LogP contribution in [-0.2, 0) is 27.5 Å². The van der Waals surface area contributed by atoms with Crippen molar-refractivity contribution in [2.75, 3.05) is 6.54 Å². The summed E-state index contributed by atoms with van der Waals surface area (Å²) in [7, 11) is -3.77. The zero-order valence-electron chi connectivity index (χ0n) is 18.0. The zero-order chi connectivity index (χ0) is 24.2. The smallest absolute Gasteiger partial charge is 0.352 e. The molecule has 1 aromatic heterocycles. The number of carbonyl (C=O) groups is 1. The molecule has 0 saturated heterocycles. The van der Waals surface area contributed by atoms with Crippen molar-refractivity contribution in [2.45, 2.75) is 37.9 Å². The Morgan fingerprint density at radius 2 is 1.76 bits per heavy atom. The number of nitrogens with zero attached hydrogens (tertiary/aromatic N) is 2. The number of carbonyl (C=O) groups excluding carboxylic acids is 1. The van der Waals surface area contributed by atoms with Crippen LogP contribution < -0.4 is 10.0 Å². The van der Waals surface area contributed by atoms with Gasteiger partial charge in [-0.2, -0.15) is 18.3 Å². The molecule has 0 spiro atoms. The van der Waals surface area contributed by atoms with Crippen molar-refractivity contribution >= 4 is 15.9 Å². The Bertz CT molecular complexity index is 1240. The molecule has 176 valence electrons. The van der Waals surface area contributed by atoms with Gasteiger partial charge in [0.25, 0.3) is 0 Å². The van der Waals surface area contributed by atoms with Crippen molar-refractivity contribution in [3.63, 3.8) is 0 Å². The van der Waals surface area contributed by atoms with Crippen LogP contribution in [0.1, 0.15) is 28.9 Å². The van der Waals surface area contributed by atoms with Crippen molar-refractivity contribution in [1.29, 1.82) is 0 Å². The van der Waals surface area contributed by atoms with Gasteiger partial charge in [-0.25, -0.2) is 17.8 Å². The van der Waals surface area contributed by atoms with E-state index in [2.05, 4.69) is 15.1 Å². The third kappa shape index (κ3) is 6.20. The van der Waals surface area contributed by atoms with Crippen LogP contribution in [0.2, 0.25) is 0 Å². The average molecular weight is 481 g/mol. The minimum atomic E-state index is -4.63. The summed E-state index contributed by atoms with van der Waals surface area (Å²) < 4.78 is 69.0. The molecule has 33 heavy (non-hydrogen) atoms. The molecule has 7 nitrogen and oxygen atoms in total. The Hall–Kier alpha value is -3.18. The van der Waals surface area contributed by atoms with E-state index in [0.29, 0.717) is 11.4 Å². The highest BCUT2D eigenvalue weighted by atomic mass is 32.2. The molecule has 0 atom stereocenters. The first-order chi connectivity index (χ1) is 15.5. The second-order valence-electron chi connectivity index (χ2n) is 7.42. The molecule has 0 saturated carbocycles. The molecule has 3 rings (SSSR count). The highest BCUT2D eigenvalue weighted by Gasteiger charge is 2.34. The lowest BCUT2D eigenvalue weighted by atomic mass is 10.1. The summed E-state index contributed by atoms with van der Waals surface area (Å²) >= 11 is 0. The molecule has 11 heteroatoms. The molecule has 0 aliphatic heterocycles. The van der Waals surface area contributed by atoms with Crippen molar-refractivity contribution in [2.24, 2.45) is 0 Å². The molecule has 1 heterocycles. The Balaban J connectivity index is 1.64. The third-order valence-electron chi connectivity index (χ3n) is 4.83. The molecular weight excluding hydrogens is 457 g/mol. The molecular formula is C22H23F3N4O3S. The molecule has 0 bridgehead atoms. The number of halogens is 3.